The number of anilines is 2. The van der Waals surface area contributed by atoms with E-state index in [0.717, 1.165) is 0 Å². The molecule has 9 nitrogen and oxygen atoms in total. The number of nitrogens with zero attached hydrogens (tertiary/aromatic N) is 1. The predicted molar refractivity (Wildman–Crippen MR) is 114 cm³/mol. The average Bonchev–Trinajstić information content (AvgIpc) is 3.20. The van der Waals surface area contributed by atoms with Gasteiger partial charge in [0.05, 0.1) is 0 Å². The van der Waals surface area contributed by atoms with Gasteiger partial charge in [0.2, 0.25) is 0 Å². The van der Waals surface area contributed by atoms with E-state index in [9.17, 15) is 19.2 Å². The fourth-order valence-corrected chi connectivity index (χ4v) is 3.07. The van der Waals surface area contributed by atoms with Crippen LogP contribution in [0.2, 0.25) is 0 Å². The fraction of sp³-hybridized carbons (Fsp3) is 0.0952. The molecule has 0 aliphatic heterocycles. The van der Waals surface area contributed by atoms with Gasteiger partial charge in [-0.15, -0.1) is 11.3 Å². The van der Waals surface area contributed by atoms with Crippen molar-refractivity contribution in [1.29, 1.82) is 0 Å². The van der Waals surface area contributed by atoms with Crippen LogP contribution >= 0.6 is 11.3 Å². The van der Waals surface area contributed by atoms with E-state index < -0.39 is 17.8 Å². The van der Waals surface area contributed by atoms with Gasteiger partial charge in [-0.25, -0.2) is 4.98 Å². The molecule has 0 spiro atoms. The van der Waals surface area contributed by atoms with Gasteiger partial charge >= 0.3 is 11.9 Å². The van der Waals surface area contributed by atoms with Crippen LogP contribution in [-0.2, 0) is 9.59 Å². The summed E-state index contributed by atoms with van der Waals surface area (Å²) in [5, 5.41) is 7.52. The van der Waals surface area contributed by atoms with Crippen LogP contribution in [0.4, 0.5) is 10.8 Å². The maximum absolute atomic E-state index is 12.7. The number of aromatic nitrogens is 1. The summed E-state index contributed by atoms with van der Waals surface area (Å²) in [6.07, 6.45) is 1.57. The number of ether oxygens (including phenoxy) is 2. The van der Waals surface area contributed by atoms with Gasteiger partial charge in [0.15, 0.2) is 5.13 Å². The first-order chi connectivity index (χ1) is 14.8. The number of benzene rings is 2. The van der Waals surface area contributed by atoms with Crippen LogP contribution < -0.4 is 20.1 Å². The van der Waals surface area contributed by atoms with E-state index in [4.69, 9.17) is 9.47 Å². The van der Waals surface area contributed by atoms with Crippen LogP contribution in [0.3, 0.4) is 0 Å². The average molecular weight is 439 g/mol. The minimum Gasteiger partial charge on any atom is -0.427 e. The third kappa shape index (κ3) is 6.21. The molecule has 2 aromatic carbocycles. The Kier molecular flexibility index (Phi) is 6.73. The molecule has 0 saturated carbocycles. The van der Waals surface area contributed by atoms with E-state index in [1.54, 1.807) is 29.8 Å². The molecule has 31 heavy (non-hydrogen) atoms. The monoisotopic (exact) mass is 439 g/mol. The molecule has 158 valence electrons. The van der Waals surface area contributed by atoms with Crippen LogP contribution in [-0.4, -0.2) is 28.7 Å². The number of carbonyl (C=O) groups excluding carboxylic acids is 4. The topological polar surface area (TPSA) is 124 Å². The molecular formula is C21H17N3O6S. The van der Waals surface area contributed by atoms with Crippen molar-refractivity contribution in [2.24, 2.45) is 0 Å². The zero-order valence-corrected chi connectivity index (χ0v) is 17.3. The number of hydrogen-bond acceptors (Lipinski definition) is 8. The number of esters is 2. The van der Waals surface area contributed by atoms with Crippen molar-refractivity contribution >= 4 is 45.9 Å². The molecule has 2 amide bonds. The van der Waals surface area contributed by atoms with Gasteiger partial charge in [-0.05, 0) is 30.3 Å². The van der Waals surface area contributed by atoms with E-state index >= 15 is 0 Å². The van der Waals surface area contributed by atoms with E-state index in [1.165, 1.54) is 49.4 Å². The highest BCUT2D eigenvalue weighted by Crippen LogP contribution is 2.24. The molecule has 0 aliphatic rings. The number of amides is 2. The van der Waals surface area contributed by atoms with Gasteiger partial charge in [0, 0.05) is 48.3 Å². The Bertz CT molecular complexity index is 1110. The quantitative estimate of drug-likeness (QED) is 0.445. The normalized spacial score (nSPS) is 10.1. The Morgan fingerprint density at radius 2 is 1.48 bits per heavy atom. The van der Waals surface area contributed by atoms with Crippen molar-refractivity contribution in [3.63, 3.8) is 0 Å². The van der Waals surface area contributed by atoms with Crippen molar-refractivity contribution < 1.29 is 28.7 Å². The Balaban J connectivity index is 1.79. The lowest BCUT2D eigenvalue weighted by atomic mass is 10.1. The minimum absolute atomic E-state index is 0.0491. The van der Waals surface area contributed by atoms with Gasteiger partial charge in [-0.3, -0.25) is 24.5 Å². The molecule has 1 aromatic heterocycles. The Labute approximate surface area is 181 Å². The Hall–Kier alpha value is -4.05. The SMILES string of the molecule is CC(=O)Oc1cc(OC(C)=O)cc(C(=O)Nc2cccc(C(=O)Nc3nccs3)c2)c1. The molecule has 1 heterocycles. The van der Waals surface area contributed by atoms with E-state index in [2.05, 4.69) is 15.6 Å². The van der Waals surface area contributed by atoms with Gasteiger partial charge < -0.3 is 14.8 Å². The van der Waals surface area contributed by atoms with Crippen LogP contribution in [0.15, 0.2) is 54.0 Å². The van der Waals surface area contributed by atoms with Gasteiger partial charge in [0.1, 0.15) is 11.5 Å². The second-order valence-corrected chi connectivity index (χ2v) is 7.10. The molecule has 0 aliphatic carbocycles. The largest absolute Gasteiger partial charge is 0.427 e. The molecule has 0 atom stereocenters. The van der Waals surface area contributed by atoms with Gasteiger partial charge in [-0.2, -0.15) is 0 Å². The molecule has 10 heteroatoms. The minimum atomic E-state index is -0.592. The van der Waals surface area contributed by atoms with Crippen LogP contribution in [0.25, 0.3) is 0 Å². The second-order valence-electron chi connectivity index (χ2n) is 6.21. The van der Waals surface area contributed by atoms with Gasteiger partial charge in [-0.1, -0.05) is 6.07 Å². The molecule has 2 N–H and O–H groups in total. The lowest BCUT2D eigenvalue weighted by Gasteiger charge is -2.11. The van der Waals surface area contributed by atoms with Crippen LogP contribution in [0, 0.1) is 0 Å². The van der Waals surface area contributed by atoms with Crippen molar-refractivity contribution in [2.45, 2.75) is 13.8 Å². The molecule has 3 aromatic rings. The van der Waals surface area contributed by atoms with E-state index in [0.29, 0.717) is 16.4 Å². The first-order valence-corrected chi connectivity index (χ1v) is 9.82. The van der Waals surface area contributed by atoms with E-state index in [1.807, 2.05) is 0 Å². The summed E-state index contributed by atoms with van der Waals surface area (Å²) in [6, 6.07) is 10.3. The Morgan fingerprint density at radius 1 is 0.839 bits per heavy atom. The maximum atomic E-state index is 12.7. The number of thiazole rings is 1. The summed E-state index contributed by atoms with van der Waals surface area (Å²) in [7, 11) is 0. The predicted octanol–water partition coefficient (Wildman–Crippen LogP) is 3.50. The van der Waals surface area contributed by atoms with Crippen molar-refractivity contribution in [3.8, 4) is 11.5 Å². The summed E-state index contributed by atoms with van der Waals surface area (Å²) < 4.78 is 10.0. The summed E-state index contributed by atoms with van der Waals surface area (Å²) in [5.41, 5.74) is 0.777. The molecule has 0 saturated heterocycles. The Morgan fingerprint density at radius 3 is 2.06 bits per heavy atom. The summed E-state index contributed by atoms with van der Waals surface area (Å²) in [4.78, 5) is 51.6. The highest BCUT2D eigenvalue weighted by Gasteiger charge is 2.14. The van der Waals surface area contributed by atoms with E-state index in [-0.39, 0.29) is 23.0 Å². The molecule has 0 radical (unpaired) electrons. The molecule has 0 unspecified atom stereocenters. The van der Waals surface area contributed by atoms with Crippen LogP contribution in [0.1, 0.15) is 34.6 Å². The zero-order chi connectivity index (χ0) is 22.4. The van der Waals surface area contributed by atoms with Crippen LogP contribution in [0.5, 0.6) is 11.5 Å². The first kappa shape index (κ1) is 21.7. The summed E-state index contributed by atoms with van der Waals surface area (Å²) in [5.74, 6) is -2.02. The first-order valence-electron chi connectivity index (χ1n) is 8.94. The van der Waals surface area contributed by atoms with Gasteiger partial charge in [0.25, 0.3) is 11.8 Å². The highest BCUT2D eigenvalue weighted by atomic mass is 32.1. The van der Waals surface area contributed by atoms with Crippen molar-refractivity contribution in [1.82, 2.24) is 4.98 Å². The molecule has 3 rings (SSSR count). The highest BCUT2D eigenvalue weighted by molar-refractivity contribution is 7.13. The maximum Gasteiger partial charge on any atom is 0.308 e. The second kappa shape index (κ2) is 9.63. The third-order valence-electron chi connectivity index (χ3n) is 3.70. The lowest BCUT2D eigenvalue weighted by molar-refractivity contribution is -0.132. The molecular weight excluding hydrogens is 422 g/mol. The fourth-order valence-electron chi connectivity index (χ4n) is 2.55. The van der Waals surface area contributed by atoms with Crippen molar-refractivity contribution in [3.05, 3.63) is 65.2 Å². The number of carbonyl (C=O) groups is 4. The van der Waals surface area contributed by atoms with Crippen molar-refractivity contribution in [2.75, 3.05) is 10.6 Å². The smallest absolute Gasteiger partial charge is 0.308 e. The third-order valence-corrected chi connectivity index (χ3v) is 4.39. The number of rotatable bonds is 6. The number of hydrogen-bond donors (Lipinski definition) is 2. The lowest BCUT2D eigenvalue weighted by Crippen LogP contribution is -2.15. The number of nitrogens with one attached hydrogen (secondary N) is 2. The zero-order valence-electron chi connectivity index (χ0n) is 16.5. The molecule has 0 bridgehead atoms. The summed E-state index contributed by atoms with van der Waals surface area (Å²) in [6.45, 7) is 2.42. The standard InChI is InChI=1S/C21H17N3O6S/c1-12(25)29-17-9-15(10-18(11-17)30-13(2)26)20(28)23-16-5-3-4-14(8-16)19(27)24-21-22-6-7-31-21/h3-11H,1-2H3,(H,23,28)(H,22,24,27). The summed E-state index contributed by atoms with van der Waals surface area (Å²) >= 11 is 1.28. The molecule has 0 fully saturated rings.